The Hall–Kier alpha value is -2.58. The van der Waals surface area contributed by atoms with Crippen LogP contribution in [0.25, 0.3) is 10.9 Å². The summed E-state index contributed by atoms with van der Waals surface area (Å²) < 4.78 is 6.46. The lowest BCUT2D eigenvalue weighted by Gasteiger charge is -2.21. The molecular formula is C20H21BrN4O3. The molecule has 28 heavy (non-hydrogen) atoms. The minimum absolute atomic E-state index is 0.0633. The van der Waals surface area contributed by atoms with Gasteiger partial charge in [0.25, 0.3) is 5.91 Å². The van der Waals surface area contributed by atoms with Crippen molar-refractivity contribution in [3.05, 3.63) is 53.1 Å². The number of fused-ring (bicyclic) bond motifs is 1. The molecule has 0 aliphatic carbocycles. The molecule has 0 radical (unpaired) electrons. The first-order valence-corrected chi connectivity index (χ1v) is 9.93. The van der Waals surface area contributed by atoms with Crippen LogP contribution in [0.5, 0.6) is 5.75 Å². The maximum absolute atomic E-state index is 12.5. The standard InChI is InChI=1S/C20H21BrN4O3/c21-14-1-4-17(5-2-14)28-12-19(26)20(27)25-8-7-16(11-25)23-15-3-6-18-13(9-15)10-22-24-18/h1-6,9-10,16,19,23,26H,7-8,11-12H2,(H,22,24)/t16?,19-/m1/s1. The van der Waals surface area contributed by atoms with Crippen LogP contribution in [0.15, 0.2) is 53.1 Å². The lowest BCUT2D eigenvalue weighted by molar-refractivity contribution is -0.140. The van der Waals surface area contributed by atoms with Crippen molar-refractivity contribution in [1.29, 1.82) is 0 Å². The Morgan fingerprint density at radius 2 is 2.18 bits per heavy atom. The van der Waals surface area contributed by atoms with Crippen LogP contribution in [-0.2, 0) is 4.79 Å². The van der Waals surface area contributed by atoms with Crippen LogP contribution >= 0.6 is 15.9 Å². The van der Waals surface area contributed by atoms with Gasteiger partial charge in [-0.05, 0) is 48.9 Å². The molecule has 1 saturated heterocycles. The largest absolute Gasteiger partial charge is 0.490 e. The van der Waals surface area contributed by atoms with Crippen LogP contribution in [0, 0.1) is 0 Å². The van der Waals surface area contributed by atoms with Crippen molar-refractivity contribution in [3.8, 4) is 5.75 Å². The number of hydrogen-bond donors (Lipinski definition) is 3. The monoisotopic (exact) mass is 444 g/mol. The van der Waals surface area contributed by atoms with E-state index in [-0.39, 0.29) is 18.6 Å². The number of carbonyl (C=O) groups excluding carboxylic acids is 1. The number of hydrogen-bond acceptors (Lipinski definition) is 5. The maximum atomic E-state index is 12.5. The highest BCUT2D eigenvalue weighted by Crippen LogP contribution is 2.21. The molecule has 7 nitrogen and oxygen atoms in total. The number of aromatic nitrogens is 2. The fraction of sp³-hybridized carbons (Fsp3) is 0.300. The molecule has 2 atom stereocenters. The van der Waals surface area contributed by atoms with E-state index in [1.165, 1.54) is 0 Å². The zero-order valence-electron chi connectivity index (χ0n) is 15.1. The molecule has 0 spiro atoms. The smallest absolute Gasteiger partial charge is 0.255 e. The van der Waals surface area contributed by atoms with Gasteiger partial charge in [0, 0.05) is 34.7 Å². The Labute approximate surface area is 170 Å². The molecule has 146 valence electrons. The van der Waals surface area contributed by atoms with E-state index in [1.807, 2.05) is 30.3 Å². The topological polar surface area (TPSA) is 90.5 Å². The van der Waals surface area contributed by atoms with Crippen LogP contribution in [-0.4, -0.2) is 58.0 Å². The van der Waals surface area contributed by atoms with E-state index in [0.717, 1.165) is 27.5 Å². The average molecular weight is 445 g/mol. The summed E-state index contributed by atoms with van der Waals surface area (Å²) in [6.45, 7) is 1.10. The summed E-state index contributed by atoms with van der Waals surface area (Å²) in [6, 6.07) is 13.4. The number of aromatic amines is 1. The van der Waals surface area contributed by atoms with Gasteiger partial charge in [0.2, 0.25) is 0 Å². The van der Waals surface area contributed by atoms with Gasteiger partial charge in [-0.3, -0.25) is 9.89 Å². The van der Waals surface area contributed by atoms with Crippen molar-refractivity contribution in [2.75, 3.05) is 25.0 Å². The Bertz CT molecular complexity index is 959. The number of halogens is 1. The zero-order chi connectivity index (χ0) is 19.5. The summed E-state index contributed by atoms with van der Waals surface area (Å²) in [6.07, 6.45) is 1.44. The SMILES string of the molecule is O=C([C@H](O)COc1ccc(Br)cc1)N1CCC(Nc2ccc3[nH]ncc3c2)C1. The molecule has 1 aromatic heterocycles. The van der Waals surface area contributed by atoms with Crippen molar-refractivity contribution in [2.24, 2.45) is 0 Å². The zero-order valence-corrected chi connectivity index (χ0v) is 16.7. The number of anilines is 1. The van der Waals surface area contributed by atoms with Gasteiger partial charge in [-0.15, -0.1) is 0 Å². The number of aliphatic hydroxyl groups excluding tert-OH is 1. The number of rotatable bonds is 6. The van der Waals surface area contributed by atoms with Crippen molar-refractivity contribution < 1.29 is 14.6 Å². The molecule has 3 aromatic rings. The van der Waals surface area contributed by atoms with Gasteiger partial charge >= 0.3 is 0 Å². The van der Waals surface area contributed by atoms with Gasteiger partial charge in [-0.2, -0.15) is 5.10 Å². The molecule has 8 heteroatoms. The van der Waals surface area contributed by atoms with E-state index in [2.05, 4.69) is 31.4 Å². The molecule has 4 rings (SSSR count). The predicted octanol–water partition coefficient (Wildman–Crippen LogP) is 2.78. The third kappa shape index (κ3) is 4.28. The summed E-state index contributed by atoms with van der Waals surface area (Å²) >= 11 is 3.36. The van der Waals surface area contributed by atoms with Gasteiger partial charge < -0.3 is 20.1 Å². The second kappa shape index (κ2) is 8.20. The first-order valence-electron chi connectivity index (χ1n) is 9.13. The molecular weight excluding hydrogens is 424 g/mol. The number of amides is 1. The van der Waals surface area contributed by atoms with Crippen LogP contribution < -0.4 is 10.1 Å². The van der Waals surface area contributed by atoms with Gasteiger partial charge in [0.1, 0.15) is 12.4 Å². The summed E-state index contributed by atoms with van der Waals surface area (Å²) in [7, 11) is 0. The number of aliphatic hydroxyl groups is 1. The van der Waals surface area contributed by atoms with Crippen molar-refractivity contribution in [2.45, 2.75) is 18.6 Å². The molecule has 2 heterocycles. The van der Waals surface area contributed by atoms with Gasteiger partial charge in [-0.1, -0.05) is 15.9 Å². The minimum Gasteiger partial charge on any atom is -0.490 e. The number of carbonyl (C=O) groups is 1. The van der Waals surface area contributed by atoms with E-state index in [4.69, 9.17) is 4.74 Å². The molecule has 1 aliphatic heterocycles. The quantitative estimate of drug-likeness (QED) is 0.543. The van der Waals surface area contributed by atoms with Crippen LogP contribution in [0.2, 0.25) is 0 Å². The van der Waals surface area contributed by atoms with E-state index in [0.29, 0.717) is 18.8 Å². The first kappa shape index (κ1) is 18.8. The average Bonchev–Trinajstić information content (AvgIpc) is 3.36. The predicted molar refractivity (Wildman–Crippen MR) is 110 cm³/mol. The van der Waals surface area contributed by atoms with Crippen molar-refractivity contribution >= 4 is 38.4 Å². The molecule has 1 aliphatic rings. The van der Waals surface area contributed by atoms with Gasteiger partial charge in [-0.25, -0.2) is 0 Å². The minimum atomic E-state index is -1.18. The highest BCUT2D eigenvalue weighted by molar-refractivity contribution is 9.10. The van der Waals surface area contributed by atoms with E-state index >= 15 is 0 Å². The second-order valence-electron chi connectivity index (χ2n) is 6.87. The highest BCUT2D eigenvalue weighted by Gasteiger charge is 2.30. The van der Waals surface area contributed by atoms with Crippen LogP contribution in [0.4, 0.5) is 5.69 Å². The summed E-state index contributed by atoms with van der Waals surface area (Å²) in [5.74, 6) is 0.317. The molecule has 1 unspecified atom stereocenters. The Kier molecular flexibility index (Phi) is 5.50. The number of benzene rings is 2. The maximum Gasteiger partial charge on any atom is 0.255 e. The Morgan fingerprint density at radius 1 is 1.36 bits per heavy atom. The number of H-pyrrole nitrogens is 1. The molecule has 3 N–H and O–H groups in total. The molecule has 1 amide bonds. The van der Waals surface area contributed by atoms with E-state index < -0.39 is 6.10 Å². The lowest BCUT2D eigenvalue weighted by Crippen LogP contribution is -2.41. The molecule has 0 bridgehead atoms. The molecule has 1 fully saturated rings. The third-order valence-electron chi connectivity index (χ3n) is 4.82. The number of nitrogens with one attached hydrogen (secondary N) is 2. The lowest BCUT2D eigenvalue weighted by atomic mass is 10.2. The van der Waals surface area contributed by atoms with Crippen LogP contribution in [0.1, 0.15) is 6.42 Å². The first-order chi connectivity index (χ1) is 13.6. The van der Waals surface area contributed by atoms with E-state index in [1.54, 1.807) is 23.2 Å². The summed E-state index contributed by atoms with van der Waals surface area (Å²) in [5, 5.41) is 21.7. The van der Waals surface area contributed by atoms with Crippen molar-refractivity contribution in [3.63, 3.8) is 0 Å². The normalized spacial score (nSPS) is 17.6. The summed E-state index contributed by atoms with van der Waals surface area (Å²) in [5.41, 5.74) is 1.98. The molecule has 2 aromatic carbocycles. The molecule has 0 saturated carbocycles. The number of nitrogens with zero attached hydrogens (tertiary/aromatic N) is 2. The van der Waals surface area contributed by atoms with Gasteiger partial charge in [0.15, 0.2) is 6.10 Å². The van der Waals surface area contributed by atoms with E-state index in [9.17, 15) is 9.90 Å². The highest BCUT2D eigenvalue weighted by atomic mass is 79.9. The van der Waals surface area contributed by atoms with Crippen LogP contribution in [0.3, 0.4) is 0 Å². The third-order valence-corrected chi connectivity index (χ3v) is 5.35. The second-order valence-corrected chi connectivity index (χ2v) is 7.78. The summed E-state index contributed by atoms with van der Waals surface area (Å²) in [4.78, 5) is 14.2. The Morgan fingerprint density at radius 3 is 3.00 bits per heavy atom. The fourth-order valence-corrected chi connectivity index (χ4v) is 3.60. The number of likely N-dealkylation sites (tertiary alicyclic amines) is 1. The fourth-order valence-electron chi connectivity index (χ4n) is 3.33. The number of ether oxygens (including phenoxy) is 1. The van der Waals surface area contributed by atoms with Gasteiger partial charge in [0.05, 0.1) is 11.7 Å². The van der Waals surface area contributed by atoms with Crippen molar-refractivity contribution in [1.82, 2.24) is 15.1 Å². The Balaban J connectivity index is 1.28.